The molecule has 0 bridgehead atoms. The highest BCUT2D eigenvalue weighted by molar-refractivity contribution is 7.92. The summed E-state index contributed by atoms with van der Waals surface area (Å²) >= 11 is 0. The topological polar surface area (TPSA) is 126 Å². The van der Waals surface area contributed by atoms with E-state index in [0.717, 1.165) is 36.4 Å². The lowest BCUT2D eigenvalue weighted by Gasteiger charge is -2.26. The van der Waals surface area contributed by atoms with Gasteiger partial charge in [-0.25, -0.2) is 17.8 Å². The molecule has 3 aromatic rings. The summed E-state index contributed by atoms with van der Waals surface area (Å²) in [6, 6.07) is 10.2. The van der Waals surface area contributed by atoms with Gasteiger partial charge in [-0.15, -0.1) is 0 Å². The summed E-state index contributed by atoms with van der Waals surface area (Å²) in [5.41, 5.74) is -6.28. The molecule has 0 saturated heterocycles. The number of fused-ring (bicyclic) bond motifs is 2. The van der Waals surface area contributed by atoms with E-state index in [1.165, 1.54) is 18.2 Å². The molecule has 0 spiro atoms. The molecule has 0 aliphatic carbocycles. The lowest BCUT2D eigenvalue weighted by molar-refractivity contribution is -0.0499. The lowest BCUT2D eigenvalue weighted by Crippen LogP contribution is -2.32. The maximum atomic E-state index is 13.6. The van der Waals surface area contributed by atoms with Crippen molar-refractivity contribution in [2.24, 2.45) is 0 Å². The average Bonchev–Trinajstić information content (AvgIpc) is 2.95. The van der Waals surface area contributed by atoms with Gasteiger partial charge in [0.15, 0.2) is 5.75 Å². The number of hydrogen-bond acceptors (Lipinski definition) is 8. The van der Waals surface area contributed by atoms with Gasteiger partial charge < -0.3 is 14.6 Å². The van der Waals surface area contributed by atoms with Gasteiger partial charge in [-0.1, -0.05) is 12.1 Å². The van der Waals surface area contributed by atoms with Crippen LogP contribution in [0.15, 0.2) is 59.5 Å². The summed E-state index contributed by atoms with van der Waals surface area (Å²) in [5, 5.41) is 12.2. The molecule has 1 aromatic heterocycles. The van der Waals surface area contributed by atoms with Crippen LogP contribution in [0.2, 0.25) is 0 Å². The van der Waals surface area contributed by atoms with E-state index >= 15 is 0 Å². The smallest absolute Gasteiger partial charge is 0.508 e. The number of hydrogen-bond donors (Lipinski definition) is 2. The van der Waals surface area contributed by atoms with Gasteiger partial charge in [0, 0.05) is 5.56 Å². The number of pyridine rings is 1. The molecule has 2 heterocycles. The fourth-order valence-electron chi connectivity index (χ4n) is 3.26. The highest BCUT2D eigenvalue weighted by Gasteiger charge is 2.49. The van der Waals surface area contributed by atoms with Crippen LogP contribution in [0.1, 0.15) is 11.3 Å². The van der Waals surface area contributed by atoms with Crippen molar-refractivity contribution in [3.63, 3.8) is 0 Å². The Morgan fingerprint density at radius 3 is 2.34 bits per heavy atom. The first-order valence-electron chi connectivity index (χ1n) is 9.61. The van der Waals surface area contributed by atoms with E-state index in [1.807, 2.05) is 0 Å². The molecular formula is C20H15F4N3O6S2. The van der Waals surface area contributed by atoms with Crippen LogP contribution in [-0.4, -0.2) is 32.4 Å². The molecule has 9 nitrogen and oxygen atoms in total. The molecule has 0 amide bonds. The Labute approximate surface area is 196 Å². The number of aromatic nitrogens is 1. The maximum absolute atomic E-state index is 13.6. The zero-order chi connectivity index (χ0) is 25.6. The quantitative estimate of drug-likeness (QED) is 0.287. The minimum Gasteiger partial charge on any atom is -0.508 e. The number of para-hydroxylation sites is 1. The highest BCUT2D eigenvalue weighted by Crippen LogP contribution is 2.45. The minimum absolute atomic E-state index is 0.000282. The number of nitrogens with zero attached hydrogens (tertiary/aromatic N) is 2. The maximum Gasteiger partial charge on any atom is 0.534 e. The van der Waals surface area contributed by atoms with Gasteiger partial charge in [-0.2, -0.15) is 21.6 Å². The van der Waals surface area contributed by atoms with E-state index in [1.54, 1.807) is 0 Å². The molecule has 1 aliphatic rings. The van der Waals surface area contributed by atoms with Crippen LogP contribution >= 0.6 is 0 Å². The van der Waals surface area contributed by atoms with Crippen LogP contribution in [0.25, 0.3) is 0 Å². The van der Waals surface area contributed by atoms with Crippen LogP contribution in [0.3, 0.4) is 0 Å². The average molecular weight is 533 g/mol. The zero-order valence-corrected chi connectivity index (χ0v) is 19.0. The minimum atomic E-state index is -6.16. The van der Waals surface area contributed by atoms with Crippen LogP contribution in [0, 0.1) is 0 Å². The summed E-state index contributed by atoms with van der Waals surface area (Å²) in [4.78, 5) is 3.70. The van der Waals surface area contributed by atoms with E-state index < -0.39 is 50.3 Å². The predicted octanol–water partition coefficient (Wildman–Crippen LogP) is 3.94. The van der Waals surface area contributed by atoms with E-state index in [2.05, 4.69) is 14.5 Å². The molecule has 0 fully saturated rings. The van der Waals surface area contributed by atoms with E-state index in [4.69, 9.17) is 0 Å². The number of nitrogens with one attached hydrogen (secondary N) is 1. The third-order valence-electron chi connectivity index (χ3n) is 4.90. The van der Waals surface area contributed by atoms with E-state index in [0.29, 0.717) is 4.31 Å². The first-order chi connectivity index (χ1) is 16.3. The van der Waals surface area contributed by atoms with Gasteiger partial charge in [0.2, 0.25) is 0 Å². The number of benzene rings is 2. The van der Waals surface area contributed by atoms with Crippen molar-refractivity contribution in [3.8, 4) is 11.5 Å². The van der Waals surface area contributed by atoms with E-state index in [-0.39, 0.29) is 33.4 Å². The highest BCUT2D eigenvalue weighted by atomic mass is 32.2. The summed E-state index contributed by atoms with van der Waals surface area (Å²) in [7, 11) is -10.7. The first kappa shape index (κ1) is 24.5. The normalized spacial score (nSPS) is 13.9. The predicted molar refractivity (Wildman–Crippen MR) is 116 cm³/mol. The second-order valence-corrected chi connectivity index (χ2v) is 10.6. The first-order valence-corrected chi connectivity index (χ1v) is 12.5. The fraction of sp³-hybridized carbons (Fsp3) is 0.150. The van der Waals surface area contributed by atoms with Crippen molar-refractivity contribution in [1.82, 2.24) is 4.98 Å². The number of halogens is 4. The lowest BCUT2D eigenvalue weighted by atomic mass is 10.2. The van der Waals surface area contributed by atoms with Gasteiger partial charge in [-0.05, 0) is 42.5 Å². The van der Waals surface area contributed by atoms with Crippen LogP contribution in [-0.2, 0) is 33.4 Å². The van der Waals surface area contributed by atoms with Gasteiger partial charge in [0.05, 0.1) is 22.8 Å². The SMILES string of the molecule is O=S(=O)(c1ccc(O)cc1)N1Cc2ccc(CF)nc2Nc2cccc(OS(=O)(=O)C(F)(F)F)c21. The molecule has 35 heavy (non-hydrogen) atoms. The summed E-state index contributed by atoms with van der Waals surface area (Å²) < 4.78 is 108. The number of phenolic OH excluding ortho intramolecular Hbond substituents is 1. The monoisotopic (exact) mass is 533 g/mol. The van der Waals surface area contributed by atoms with Crippen molar-refractivity contribution >= 4 is 37.3 Å². The molecule has 186 valence electrons. The van der Waals surface area contributed by atoms with Crippen molar-refractivity contribution in [2.45, 2.75) is 23.6 Å². The standard InChI is InChI=1S/C20H15F4N3O6S2/c21-10-13-5-4-12-11-27(34(29,30)15-8-6-14(28)7-9-15)18-16(26-19(12)25-13)2-1-3-17(18)33-35(31,32)20(22,23)24/h1-9,28H,10-11H2,(H,25,26). The molecule has 2 N–H and O–H groups in total. The molecule has 15 heteroatoms. The third-order valence-corrected chi connectivity index (χ3v) is 7.62. The number of aromatic hydroxyl groups is 1. The Bertz CT molecular complexity index is 1490. The van der Waals surface area contributed by atoms with Crippen molar-refractivity contribution < 1.29 is 43.7 Å². The Balaban J connectivity index is 1.96. The molecule has 4 rings (SSSR count). The molecule has 1 aliphatic heterocycles. The Kier molecular flexibility index (Phi) is 6.00. The molecule has 2 aromatic carbocycles. The van der Waals surface area contributed by atoms with Gasteiger partial charge in [0.25, 0.3) is 10.0 Å². The summed E-state index contributed by atoms with van der Waals surface area (Å²) in [5.74, 6) is -1.15. The zero-order valence-electron chi connectivity index (χ0n) is 17.3. The number of phenols is 1. The largest absolute Gasteiger partial charge is 0.534 e. The van der Waals surface area contributed by atoms with Crippen LogP contribution < -0.4 is 13.8 Å². The van der Waals surface area contributed by atoms with Crippen molar-refractivity contribution in [3.05, 3.63) is 65.9 Å². The number of alkyl halides is 4. The number of sulfonamides is 1. The molecule has 0 unspecified atom stereocenters. The van der Waals surface area contributed by atoms with Gasteiger partial charge >= 0.3 is 15.6 Å². The molecule has 0 saturated carbocycles. The van der Waals surface area contributed by atoms with Gasteiger partial charge in [-0.3, -0.25) is 4.31 Å². The second kappa shape index (κ2) is 8.57. The summed E-state index contributed by atoms with van der Waals surface area (Å²) in [6.45, 7) is -1.46. The van der Waals surface area contributed by atoms with Crippen molar-refractivity contribution in [2.75, 3.05) is 9.62 Å². The Morgan fingerprint density at radius 2 is 1.71 bits per heavy atom. The van der Waals surface area contributed by atoms with E-state index in [9.17, 15) is 39.5 Å². The number of rotatable bonds is 5. The van der Waals surface area contributed by atoms with Crippen molar-refractivity contribution in [1.29, 1.82) is 0 Å². The fourth-order valence-corrected chi connectivity index (χ4v) is 5.20. The third kappa shape index (κ3) is 4.55. The number of anilines is 3. The Hall–Kier alpha value is -3.59. The van der Waals surface area contributed by atoms with Gasteiger partial charge in [0.1, 0.15) is 23.9 Å². The molecule has 0 radical (unpaired) electrons. The molecule has 0 atom stereocenters. The summed E-state index contributed by atoms with van der Waals surface area (Å²) in [6.07, 6.45) is 0. The van der Waals surface area contributed by atoms with Crippen LogP contribution in [0.5, 0.6) is 11.5 Å². The second-order valence-electron chi connectivity index (χ2n) is 7.21. The molecular weight excluding hydrogens is 518 g/mol. The Morgan fingerprint density at radius 1 is 1.03 bits per heavy atom. The van der Waals surface area contributed by atoms with Crippen LogP contribution in [0.4, 0.5) is 34.8 Å².